The van der Waals surface area contributed by atoms with E-state index in [1.165, 1.54) is 25.7 Å². The van der Waals surface area contributed by atoms with Crippen molar-refractivity contribution in [3.05, 3.63) is 0 Å². The minimum atomic E-state index is 0.781. The van der Waals surface area contributed by atoms with Gasteiger partial charge in [-0.05, 0) is 38.0 Å². The first-order valence-corrected chi connectivity index (χ1v) is 4.32. The molecule has 2 saturated carbocycles. The van der Waals surface area contributed by atoms with Crippen molar-refractivity contribution in [1.29, 1.82) is 0 Å². The SMILES string of the molecule is CC#CC1CC2CCC1C2. The largest absolute Gasteiger partial charge is 0.106 e. The Morgan fingerprint density at radius 3 is 2.60 bits per heavy atom. The van der Waals surface area contributed by atoms with Crippen LogP contribution in [0.1, 0.15) is 32.6 Å². The summed E-state index contributed by atoms with van der Waals surface area (Å²) in [6, 6.07) is 0. The molecule has 0 heterocycles. The molecule has 54 valence electrons. The molecule has 3 unspecified atom stereocenters. The Morgan fingerprint density at radius 2 is 2.10 bits per heavy atom. The Kier molecular flexibility index (Phi) is 1.45. The van der Waals surface area contributed by atoms with E-state index < -0.39 is 0 Å². The van der Waals surface area contributed by atoms with E-state index in [-0.39, 0.29) is 0 Å². The lowest BCUT2D eigenvalue weighted by molar-refractivity contribution is 0.406. The van der Waals surface area contributed by atoms with Gasteiger partial charge in [-0.2, -0.15) is 0 Å². The van der Waals surface area contributed by atoms with E-state index >= 15 is 0 Å². The Labute approximate surface area is 63.0 Å². The zero-order valence-electron chi connectivity index (χ0n) is 6.56. The number of hydrogen-bond donors (Lipinski definition) is 0. The van der Waals surface area contributed by atoms with Crippen LogP contribution in [0, 0.1) is 29.6 Å². The Hall–Kier alpha value is -0.440. The van der Waals surface area contributed by atoms with Gasteiger partial charge < -0.3 is 0 Å². The van der Waals surface area contributed by atoms with E-state index in [1.54, 1.807) is 0 Å². The van der Waals surface area contributed by atoms with Crippen molar-refractivity contribution >= 4 is 0 Å². The third kappa shape index (κ3) is 0.850. The number of hydrogen-bond acceptors (Lipinski definition) is 0. The Balaban J connectivity index is 2.06. The molecule has 0 heteroatoms. The quantitative estimate of drug-likeness (QED) is 0.446. The van der Waals surface area contributed by atoms with Crippen LogP contribution in [0.5, 0.6) is 0 Å². The lowest BCUT2D eigenvalue weighted by Crippen LogP contribution is -2.07. The van der Waals surface area contributed by atoms with Crippen molar-refractivity contribution in [2.24, 2.45) is 17.8 Å². The molecule has 0 aromatic heterocycles. The molecule has 3 atom stereocenters. The van der Waals surface area contributed by atoms with Crippen LogP contribution in [0.3, 0.4) is 0 Å². The predicted octanol–water partition coefficient (Wildman–Crippen LogP) is 2.45. The molecule has 0 saturated heterocycles. The molecule has 0 amide bonds. The van der Waals surface area contributed by atoms with E-state index in [1.807, 2.05) is 6.92 Å². The monoisotopic (exact) mass is 134 g/mol. The highest BCUT2D eigenvalue weighted by atomic mass is 14.4. The van der Waals surface area contributed by atoms with Crippen LogP contribution >= 0.6 is 0 Å². The zero-order chi connectivity index (χ0) is 6.97. The maximum Gasteiger partial charge on any atom is 0.0233 e. The molecule has 0 nitrogen and oxygen atoms in total. The standard InChI is InChI=1S/C10H14/c1-2-3-9-6-8-4-5-10(9)7-8/h8-10H,4-7H2,1H3. The molecular weight excluding hydrogens is 120 g/mol. The minimum Gasteiger partial charge on any atom is -0.106 e. The van der Waals surface area contributed by atoms with E-state index in [9.17, 15) is 0 Å². The summed E-state index contributed by atoms with van der Waals surface area (Å²) in [5.41, 5.74) is 0. The van der Waals surface area contributed by atoms with Gasteiger partial charge in [-0.15, -0.1) is 5.92 Å². The molecule has 2 bridgehead atoms. The first-order chi connectivity index (χ1) is 4.90. The van der Waals surface area contributed by atoms with Crippen molar-refractivity contribution < 1.29 is 0 Å². The highest BCUT2D eigenvalue weighted by Gasteiger charge is 2.38. The summed E-state index contributed by atoms with van der Waals surface area (Å²) in [5.74, 6) is 9.19. The molecule has 2 aliphatic rings. The molecule has 0 aromatic rings. The van der Waals surface area contributed by atoms with Crippen LogP contribution in [0.2, 0.25) is 0 Å². The first kappa shape index (κ1) is 6.28. The predicted molar refractivity (Wildman–Crippen MR) is 42.4 cm³/mol. The van der Waals surface area contributed by atoms with Crippen molar-refractivity contribution in [2.75, 3.05) is 0 Å². The summed E-state index contributed by atoms with van der Waals surface area (Å²) in [6.45, 7) is 1.96. The average Bonchev–Trinajstić information content (AvgIpc) is 2.48. The number of rotatable bonds is 0. The number of fused-ring (bicyclic) bond motifs is 2. The molecule has 2 aliphatic carbocycles. The second-order valence-corrected chi connectivity index (χ2v) is 3.68. The summed E-state index contributed by atoms with van der Waals surface area (Å²) >= 11 is 0. The molecular formula is C10H14. The lowest BCUT2D eigenvalue weighted by Gasteiger charge is -2.14. The van der Waals surface area contributed by atoms with Crippen molar-refractivity contribution in [3.63, 3.8) is 0 Å². The van der Waals surface area contributed by atoms with Gasteiger partial charge in [0.1, 0.15) is 0 Å². The third-order valence-electron chi connectivity index (χ3n) is 3.07. The van der Waals surface area contributed by atoms with Crippen molar-refractivity contribution in [1.82, 2.24) is 0 Å². The van der Waals surface area contributed by atoms with Gasteiger partial charge in [0.05, 0.1) is 0 Å². The fourth-order valence-electron chi connectivity index (χ4n) is 2.61. The fourth-order valence-corrected chi connectivity index (χ4v) is 2.61. The van der Waals surface area contributed by atoms with Crippen LogP contribution in [-0.2, 0) is 0 Å². The highest BCUT2D eigenvalue weighted by molar-refractivity contribution is 5.08. The molecule has 0 radical (unpaired) electrons. The van der Waals surface area contributed by atoms with Gasteiger partial charge >= 0.3 is 0 Å². The Morgan fingerprint density at radius 1 is 1.20 bits per heavy atom. The van der Waals surface area contributed by atoms with E-state index in [4.69, 9.17) is 0 Å². The van der Waals surface area contributed by atoms with Gasteiger partial charge in [-0.3, -0.25) is 0 Å². The van der Waals surface area contributed by atoms with E-state index in [0.29, 0.717) is 0 Å². The second kappa shape index (κ2) is 2.31. The van der Waals surface area contributed by atoms with Gasteiger partial charge in [-0.25, -0.2) is 0 Å². The molecule has 0 N–H and O–H groups in total. The zero-order valence-corrected chi connectivity index (χ0v) is 6.56. The van der Waals surface area contributed by atoms with Gasteiger partial charge in [0.15, 0.2) is 0 Å². The molecule has 0 aromatic carbocycles. The van der Waals surface area contributed by atoms with Crippen LogP contribution in [0.4, 0.5) is 0 Å². The molecule has 2 fully saturated rings. The average molecular weight is 134 g/mol. The van der Waals surface area contributed by atoms with Gasteiger partial charge in [0.25, 0.3) is 0 Å². The minimum absolute atomic E-state index is 0.781. The molecule has 10 heavy (non-hydrogen) atoms. The Bertz CT molecular complexity index is 182. The highest BCUT2D eigenvalue weighted by Crippen LogP contribution is 2.47. The molecule has 2 rings (SSSR count). The lowest BCUT2D eigenvalue weighted by atomic mass is 9.89. The fraction of sp³-hybridized carbons (Fsp3) is 0.800. The van der Waals surface area contributed by atoms with Gasteiger partial charge in [0.2, 0.25) is 0 Å². The van der Waals surface area contributed by atoms with Crippen molar-refractivity contribution in [2.45, 2.75) is 32.6 Å². The van der Waals surface area contributed by atoms with Gasteiger partial charge in [-0.1, -0.05) is 12.3 Å². The molecule has 0 aliphatic heterocycles. The van der Waals surface area contributed by atoms with Crippen LogP contribution < -0.4 is 0 Å². The summed E-state index contributed by atoms with van der Waals surface area (Å²) in [4.78, 5) is 0. The summed E-state index contributed by atoms with van der Waals surface area (Å²) in [5, 5.41) is 0. The first-order valence-electron chi connectivity index (χ1n) is 4.32. The van der Waals surface area contributed by atoms with Crippen LogP contribution in [0.25, 0.3) is 0 Å². The second-order valence-electron chi connectivity index (χ2n) is 3.68. The van der Waals surface area contributed by atoms with E-state index in [2.05, 4.69) is 11.8 Å². The smallest absolute Gasteiger partial charge is 0.0233 e. The third-order valence-corrected chi connectivity index (χ3v) is 3.07. The van der Waals surface area contributed by atoms with E-state index in [0.717, 1.165) is 17.8 Å². The van der Waals surface area contributed by atoms with Gasteiger partial charge in [0, 0.05) is 5.92 Å². The van der Waals surface area contributed by atoms with Crippen LogP contribution in [0.15, 0.2) is 0 Å². The summed E-state index contributed by atoms with van der Waals surface area (Å²) in [7, 11) is 0. The molecule has 0 spiro atoms. The normalized spacial score (nSPS) is 43.1. The summed E-state index contributed by atoms with van der Waals surface area (Å²) in [6.07, 6.45) is 5.85. The topological polar surface area (TPSA) is 0 Å². The summed E-state index contributed by atoms with van der Waals surface area (Å²) < 4.78 is 0. The van der Waals surface area contributed by atoms with Crippen LogP contribution in [-0.4, -0.2) is 0 Å². The maximum atomic E-state index is 3.33. The maximum absolute atomic E-state index is 3.33. The van der Waals surface area contributed by atoms with Crippen molar-refractivity contribution in [3.8, 4) is 11.8 Å².